The van der Waals surface area contributed by atoms with E-state index in [4.69, 9.17) is 14.6 Å². The normalized spacial score (nSPS) is 31.3. The van der Waals surface area contributed by atoms with Crippen molar-refractivity contribution in [3.63, 3.8) is 0 Å². The van der Waals surface area contributed by atoms with E-state index >= 15 is 0 Å². The molecule has 6 nitrogen and oxygen atoms in total. The SMILES string of the molecule is OC[C@H]1O[C@@H](O)[C@H](Oc2cccc3cc(Br)ccc23)[C@@H](O)[C@@H]1O. The van der Waals surface area contributed by atoms with Crippen molar-refractivity contribution < 1.29 is 29.9 Å². The molecule has 1 aliphatic heterocycles. The largest absolute Gasteiger partial charge is 0.482 e. The summed E-state index contributed by atoms with van der Waals surface area (Å²) < 4.78 is 11.7. The van der Waals surface area contributed by atoms with E-state index in [2.05, 4.69) is 15.9 Å². The Morgan fingerprint density at radius 2 is 1.87 bits per heavy atom. The van der Waals surface area contributed by atoms with Crippen molar-refractivity contribution in [1.82, 2.24) is 0 Å². The molecule has 7 heteroatoms. The topological polar surface area (TPSA) is 99.4 Å². The van der Waals surface area contributed by atoms with E-state index in [0.717, 1.165) is 15.2 Å². The van der Waals surface area contributed by atoms with Crippen LogP contribution in [0, 0.1) is 0 Å². The van der Waals surface area contributed by atoms with E-state index in [1.807, 2.05) is 24.3 Å². The molecule has 5 atom stereocenters. The lowest BCUT2D eigenvalue weighted by atomic mass is 9.99. The Bertz CT molecular complexity index is 693. The number of aliphatic hydroxyl groups excluding tert-OH is 4. The zero-order valence-electron chi connectivity index (χ0n) is 12.0. The molecule has 0 radical (unpaired) electrons. The number of hydrogen-bond acceptors (Lipinski definition) is 6. The quantitative estimate of drug-likeness (QED) is 0.624. The average Bonchev–Trinajstić information content (AvgIpc) is 2.54. The van der Waals surface area contributed by atoms with Gasteiger partial charge in [0, 0.05) is 9.86 Å². The van der Waals surface area contributed by atoms with Crippen molar-refractivity contribution in [2.24, 2.45) is 0 Å². The van der Waals surface area contributed by atoms with E-state index in [1.165, 1.54) is 0 Å². The van der Waals surface area contributed by atoms with E-state index in [0.29, 0.717) is 5.75 Å². The lowest BCUT2D eigenvalue weighted by Crippen LogP contribution is -2.60. The first kappa shape index (κ1) is 16.6. The second-order valence-electron chi connectivity index (χ2n) is 5.43. The van der Waals surface area contributed by atoms with Gasteiger partial charge in [0.25, 0.3) is 0 Å². The predicted octanol–water partition coefficient (Wildman–Crippen LogP) is 0.781. The number of halogens is 1. The Morgan fingerprint density at radius 3 is 2.61 bits per heavy atom. The second-order valence-corrected chi connectivity index (χ2v) is 6.35. The van der Waals surface area contributed by atoms with Gasteiger partial charge in [-0.05, 0) is 29.7 Å². The van der Waals surface area contributed by atoms with E-state index in [9.17, 15) is 15.3 Å². The first-order valence-electron chi connectivity index (χ1n) is 7.16. The molecular formula is C16H17BrO6. The van der Waals surface area contributed by atoms with E-state index < -0.39 is 37.3 Å². The minimum absolute atomic E-state index is 0.455. The smallest absolute Gasteiger partial charge is 0.195 e. The summed E-state index contributed by atoms with van der Waals surface area (Å²) in [5.41, 5.74) is 0. The Kier molecular flexibility index (Phi) is 4.86. The van der Waals surface area contributed by atoms with Crippen LogP contribution in [0.5, 0.6) is 5.75 Å². The molecule has 124 valence electrons. The van der Waals surface area contributed by atoms with Crippen molar-refractivity contribution in [3.8, 4) is 5.75 Å². The number of rotatable bonds is 3. The number of aliphatic hydroxyl groups is 4. The van der Waals surface area contributed by atoms with Crippen molar-refractivity contribution in [3.05, 3.63) is 40.9 Å². The molecule has 0 spiro atoms. The molecule has 3 rings (SSSR count). The summed E-state index contributed by atoms with van der Waals surface area (Å²) >= 11 is 3.40. The van der Waals surface area contributed by atoms with Crippen LogP contribution in [-0.2, 0) is 4.74 Å². The van der Waals surface area contributed by atoms with Gasteiger partial charge in [-0.25, -0.2) is 0 Å². The second kappa shape index (κ2) is 6.72. The Balaban J connectivity index is 1.89. The maximum absolute atomic E-state index is 10.2. The van der Waals surface area contributed by atoms with Gasteiger partial charge in [-0.2, -0.15) is 0 Å². The summed E-state index contributed by atoms with van der Waals surface area (Å²) in [7, 11) is 0. The van der Waals surface area contributed by atoms with Gasteiger partial charge in [0.2, 0.25) is 0 Å². The third-order valence-electron chi connectivity index (χ3n) is 3.91. The third-order valence-corrected chi connectivity index (χ3v) is 4.40. The fourth-order valence-electron chi connectivity index (χ4n) is 2.67. The third kappa shape index (κ3) is 3.21. The molecule has 1 fully saturated rings. The molecule has 1 saturated heterocycles. The fraction of sp³-hybridized carbons (Fsp3) is 0.375. The number of hydrogen-bond donors (Lipinski definition) is 4. The molecule has 2 aromatic carbocycles. The predicted molar refractivity (Wildman–Crippen MR) is 86.0 cm³/mol. The van der Waals surface area contributed by atoms with Crippen LogP contribution in [0.3, 0.4) is 0 Å². The zero-order chi connectivity index (χ0) is 16.6. The van der Waals surface area contributed by atoms with Gasteiger partial charge in [-0.15, -0.1) is 0 Å². The van der Waals surface area contributed by atoms with Crippen LogP contribution in [0.25, 0.3) is 10.8 Å². The highest BCUT2D eigenvalue weighted by atomic mass is 79.9. The molecule has 0 saturated carbocycles. The van der Waals surface area contributed by atoms with Crippen LogP contribution < -0.4 is 4.74 Å². The minimum Gasteiger partial charge on any atom is -0.482 e. The monoisotopic (exact) mass is 384 g/mol. The molecule has 0 unspecified atom stereocenters. The Labute approximate surface area is 141 Å². The first-order valence-corrected chi connectivity index (χ1v) is 7.96. The van der Waals surface area contributed by atoms with Crippen LogP contribution in [0.4, 0.5) is 0 Å². The highest BCUT2D eigenvalue weighted by Crippen LogP contribution is 2.31. The van der Waals surface area contributed by atoms with Gasteiger partial charge in [0.1, 0.15) is 24.1 Å². The number of benzene rings is 2. The van der Waals surface area contributed by atoms with Crippen molar-refractivity contribution >= 4 is 26.7 Å². The molecule has 0 aromatic heterocycles. The van der Waals surface area contributed by atoms with Gasteiger partial charge in [-0.3, -0.25) is 0 Å². The summed E-state index contributed by atoms with van der Waals surface area (Å²) in [4.78, 5) is 0. The zero-order valence-corrected chi connectivity index (χ0v) is 13.6. The summed E-state index contributed by atoms with van der Waals surface area (Å²) in [6.07, 6.45) is -6.42. The fourth-order valence-corrected chi connectivity index (χ4v) is 3.05. The molecule has 0 amide bonds. The molecule has 4 N–H and O–H groups in total. The van der Waals surface area contributed by atoms with Crippen molar-refractivity contribution in [1.29, 1.82) is 0 Å². The summed E-state index contributed by atoms with van der Waals surface area (Å²) in [5.74, 6) is 0.455. The summed E-state index contributed by atoms with van der Waals surface area (Å²) in [6.45, 7) is -0.510. The van der Waals surface area contributed by atoms with Gasteiger partial charge in [0.15, 0.2) is 12.4 Å². The Morgan fingerprint density at radius 1 is 1.09 bits per heavy atom. The number of ether oxygens (including phenoxy) is 2. The van der Waals surface area contributed by atoms with Crippen LogP contribution in [-0.4, -0.2) is 57.7 Å². The van der Waals surface area contributed by atoms with Crippen LogP contribution in [0.1, 0.15) is 0 Å². The molecule has 0 aliphatic carbocycles. The van der Waals surface area contributed by atoms with Crippen molar-refractivity contribution in [2.45, 2.75) is 30.7 Å². The van der Waals surface area contributed by atoms with Gasteiger partial charge in [-0.1, -0.05) is 28.1 Å². The highest BCUT2D eigenvalue weighted by Gasteiger charge is 2.45. The van der Waals surface area contributed by atoms with Gasteiger partial charge < -0.3 is 29.9 Å². The summed E-state index contributed by atoms with van der Waals surface area (Å²) in [6, 6.07) is 11.0. The Hall–Kier alpha value is -1.22. The maximum Gasteiger partial charge on any atom is 0.195 e. The molecule has 1 heterocycles. The van der Waals surface area contributed by atoms with Gasteiger partial charge in [0.05, 0.1) is 6.61 Å². The molecule has 23 heavy (non-hydrogen) atoms. The molecule has 1 aliphatic rings. The van der Waals surface area contributed by atoms with Crippen LogP contribution in [0.2, 0.25) is 0 Å². The molecule has 2 aromatic rings. The summed E-state index contributed by atoms with van der Waals surface area (Å²) in [5, 5.41) is 40.9. The first-order chi connectivity index (χ1) is 11.0. The lowest BCUT2D eigenvalue weighted by Gasteiger charge is -2.39. The minimum atomic E-state index is -1.46. The standard InChI is InChI=1S/C16H17BrO6/c17-9-4-5-10-8(6-9)2-1-3-11(10)22-15-14(20)13(19)12(7-18)23-16(15)21/h1-6,12-16,18-21H,7H2/t12-,13-,14+,15-,16-/m1/s1. The van der Waals surface area contributed by atoms with E-state index in [-0.39, 0.29) is 0 Å². The molecular weight excluding hydrogens is 368 g/mol. The maximum atomic E-state index is 10.2. The lowest BCUT2D eigenvalue weighted by molar-refractivity contribution is -0.280. The van der Waals surface area contributed by atoms with Gasteiger partial charge >= 0.3 is 0 Å². The van der Waals surface area contributed by atoms with Crippen molar-refractivity contribution in [2.75, 3.05) is 6.61 Å². The molecule has 0 bridgehead atoms. The van der Waals surface area contributed by atoms with Crippen LogP contribution >= 0.6 is 15.9 Å². The average molecular weight is 385 g/mol. The highest BCUT2D eigenvalue weighted by molar-refractivity contribution is 9.10. The van der Waals surface area contributed by atoms with Crippen LogP contribution in [0.15, 0.2) is 40.9 Å². The number of fused-ring (bicyclic) bond motifs is 1. The van der Waals surface area contributed by atoms with E-state index in [1.54, 1.807) is 12.1 Å².